The van der Waals surface area contributed by atoms with Gasteiger partial charge in [0.05, 0.1) is 4.88 Å². The second kappa shape index (κ2) is 7.23. The van der Waals surface area contributed by atoms with E-state index in [9.17, 15) is 9.00 Å². The highest BCUT2D eigenvalue weighted by Gasteiger charge is 2.30. The second-order valence-corrected chi connectivity index (χ2v) is 9.33. The molecule has 2 rings (SSSR count). The maximum atomic E-state index is 12.3. The third kappa shape index (κ3) is 4.18. The minimum Gasteiger partial charge on any atom is -0.350 e. The first-order chi connectivity index (χ1) is 10.3. The number of hydrogen-bond donors (Lipinski definition) is 1. The highest BCUT2D eigenvalue weighted by molar-refractivity contribution is 7.85. The Bertz CT molecular complexity index is 556. The molecule has 124 valence electrons. The number of nitrogens with one attached hydrogen (secondary N) is 1. The lowest BCUT2D eigenvalue weighted by Crippen LogP contribution is -2.55. The molecule has 2 heterocycles. The predicted molar refractivity (Wildman–Crippen MR) is 94.3 cm³/mol. The van der Waals surface area contributed by atoms with Crippen molar-refractivity contribution in [2.45, 2.75) is 39.7 Å². The number of carbonyl (C=O) groups is 1. The molecule has 22 heavy (non-hydrogen) atoms. The van der Waals surface area contributed by atoms with Crippen molar-refractivity contribution >= 4 is 28.0 Å². The summed E-state index contributed by atoms with van der Waals surface area (Å²) in [5.41, 5.74) is 1.15. The quantitative estimate of drug-likeness (QED) is 0.892. The molecule has 0 radical (unpaired) electrons. The maximum Gasteiger partial charge on any atom is 0.261 e. The van der Waals surface area contributed by atoms with Crippen LogP contribution in [0.3, 0.4) is 0 Å². The Morgan fingerprint density at radius 2 is 2.05 bits per heavy atom. The van der Waals surface area contributed by atoms with E-state index < -0.39 is 10.8 Å². The molecule has 1 saturated heterocycles. The van der Waals surface area contributed by atoms with Crippen molar-refractivity contribution in [1.82, 2.24) is 10.2 Å². The van der Waals surface area contributed by atoms with Crippen LogP contribution < -0.4 is 5.32 Å². The van der Waals surface area contributed by atoms with Gasteiger partial charge in [-0.05, 0) is 38.8 Å². The van der Waals surface area contributed by atoms with Gasteiger partial charge in [-0.2, -0.15) is 0 Å². The fourth-order valence-electron chi connectivity index (χ4n) is 2.72. The second-order valence-electron chi connectivity index (χ2n) is 6.38. The van der Waals surface area contributed by atoms with Gasteiger partial charge >= 0.3 is 0 Å². The van der Waals surface area contributed by atoms with Gasteiger partial charge in [-0.3, -0.25) is 13.9 Å². The average molecular weight is 343 g/mol. The molecular weight excluding hydrogens is 316 g/mol. The van der Waals surface area contributed by atoms with E-state index in [1.54, 1.807) is 11.3 Å². The summed E-state index contributed by atoms with van der Waals surface area (Å²) in [7, 11) is -0.666. The third-order valence-corrected chi connectivity index (χ3v) is 6.71. The average Bonchev–Trinajstić information content (AvgIpc) is 2.86. The minimum absolute atomic E-state index is 0.0152. The van der Waals surface area contributed by atoms with Gasteiger partial charge in [-0.15, -0.1) is 11.3 Å². The van der Waals surface area contributed by atoms with E-state index in [1.807, 2.05) is 6.07 Å². The molecule has 1 aromatic rings. The Kier molecular flexibility index (Phi) is 5.80. The molecule has 1 amide bonds. The Morgan fingerprint density at radius 3 is 2.59 bits per heavy atom. The van der Waals surface area contributed by atoms with Gasteiger partial charge in [0.1, 0.15) is 0 Å². The highest BCUT2D eigenvalue weighted by atomic mass is 32.2. The van der Waals surface area contributed by atoms with Crippen molar-refractivity contribution in [1.29, 1.82) is 0 Å². The standard InChI is InChI=1S/C16H26N2O2S2/c1-5-13-10-14(21-12(13)2)15(19)17-11-16(3,4)18-6-8-22(20)9-7-18/h10H,5-9,11H2,1-4H3,(H,17,19). The Labute approximate surface area is 139 Å². The topological polar surface area (TPSA) is 49.4 Å². The van der Waals surface area contributed by atoms with Crippen molar-refractivity contribution in [3.8, 4) is 0 Å². The molecule has 0 unspecified atom stereocenters. The van der Waals surface area contributed by atoms with E-state index in [-0.39, 0.29) is 11.4 Å². The molecule has 0 aromatic carbocycles. The van der Waals surface area contributed by atoms with Crippen molar-refractivity contribution in [3.05, 3.63) is 21.4 Å². The first-order valence-corrected chi connectivity index (χ1v) is 10.1. The lowest BCUT2D eigenvalue weighted by atomic mass is 10.0. The maximum absolute atomic E-state index is 12.3. The molecule has 6 heteroatoms. The number of rotatable bonds is 5. The Morgan fingerprint density at radius 1 is 1.41 bits per heavy atom. The van der Waals surface area contributed by atoms with Crippen LogP contribution in [-0.4, -0.2) is 51.7 Å². The summed E-state index contributed by atoms with van der Waals surface area (Å²) in [6.45, 7) is 10.7. The molecule has 1 aromatic heterocycles. The van der Waals surface area contributed by atoms with Crippen molar-refractivity contribution in [3.63, 3.8) is 0 Å². The monoisotopic (exact) mass is 342 g/mol. The molecule has 1 N–H and O–H groups in total. The van der Waals surface area contributed by atoms with Gasteiger partial charge in [-0.1, -0.05) is 6.92 Å². The fourth-order valence-corrected chi connectivity index (χ4v) is 4.80. The molecule has 4 nitrogen and oxygen atoms in total. The number of hydrogen-bond acceptors (Lipinski definition) is 4. The third-order valence-electron chi connectivity index (χ3n) is 4.34. The normalized spacial score (nSPS) is 17.6. The molecule has 1 aliphatic heterocycles. The lowest BCUT2D eigenvalue weighted by Gasteiger charge is -2.40. The zero-order valence-corrected chi connectivity index (χ0v) is 15.5. The first kappa shape index (κ1) is 17.6. The van der Waals surface area contributed by atoms with E-state index in [0.717, 1.165) is 35.9 Å². The van der Waals surface area contributed by atoms with Crippen LogP contribution in [0.1, 0.15) is 40.9 Å². The van der Waals surface area contributed by atoms with Gasteiger partial charge in [-0.25, -0.2) is 0 Å². The summed E-state index contributed by atoms with van der Waals surface area (Å²) >= 11 is 1.57. The fraction of sp³-hybridized carbons (Fsp3) is 0.688. The van der Waals surface area contributed by atoms with Gasteiger partial charge in [0.25, 0.3) is 5.91 Å². The zero-order valence-electron chi connectivity index (χ0n) is 13.9. The van der Waals surface area contributed by atoms with Crippen LogP contribution in [0.15, 0.2) is 6.07 Å². The van der Waals surface area contributed by atoms with E-state index in [2.05, 4.69) is 37.9 Å². The number of aryl methyl sites for hydroxylation is 2. The van der Waals surface area contributed by atoms with Crippen LogP contribution in [0.5, 0.6) is 0 Å². The molecule has 0 atom stereocenters. The SMILES string of the molecule is CCc1cc(C(=O)NCC(C)(C)N2CCS(=O)CC2)sc1C. The van der Waals surface area contributed by atoms with Crippen LogP contribution in [-0.2, 0) is 17.2 Å². The van der Waals surface area contributed by atoms with Crippen molar-refractivity contribution in [2.24, 2.45) is 0 Å². The number of carbonyl (C=O) groups excluding carboxylic acids is 1. The molecule has 0 spiro atoms. The Hall–Kier alpha value is -0.720. The van der Waals surface area contributed by atoms with Gasteiger partial charge in [0.2, 0.25) is 0 Å². The number of nitrogens with zero attached hydrogens (tertiary/aromatic N) is 1. The molecule has 1 fully saturated rings. The van der Waals surface area contributed by atoms with Crippen molar-refractivity contribution in [2.75, 3.05) is 31.1 Å². The molecule has 0 aliphatic carbocycles. The van der Waals surface area contributed by atoms with E-state index >= 15 is 0 Å². The Balaban J connectivity index is 1.92. The van der Waals surface area contributed by atoms with Gasteiger partial charge in [0, 0.05) is 52.4 Å². The summed E-state index contributed by atoms with van der Waals surface area (Å²) in [6, 6.07) is 2.01. The number of thiophene rings is 1. The summed E-state index contributed by atoms with van der Waals surface area (Å²) < 4.78 is 11.5. The molecular formula is C16H26N2O2S2. The van der Waals surface area contributed by atoms with Crippen LogP contribution in [0, 0.1) is 6.92 Å². The van der Waals surface area contributed by atoms with Crippen molar-refractivity contribution < 1.29 is 9.00 Å². The van der Waals surface area contributed by atoms with Crippen LogP contribution in [0.25, 0.3) is 0 Å². The number of amides is 1. The molecule has 0 bridgehead atoms. The van der Waals surface area contributed by atoms with Crippen LogP contribution >= 0.6 is 11.3 Å². The summed E-state index contributed by atoms with van der Waals surface area (Å²) in [4.78, 5) is 16.7. The van der Waals surface area contributed by atoms with E-state index in [4.69, 9.17) is 0 Å². The predicted octanol–water partition coefficient (Wildman–Crippen LogP) is 2.19. The largest absolute Gasteiger partial charge is 0.350 e. The smallest absolute Gasteiger partial charge is 0.261 e. The van der Waals surface area contributed by atoms with Crippen LogP contribution in [0.4, 0.5) is 0 Å². The highest BCUT2D eigenvalue weighted by Crippen LogP contribution is 2.22. The first-order valence-electron chi connectivity index (χ1n) is 7.81. The molecule has 0 saturated carbocycles. The summed E-state index contributed by atoms with van der Waals surface area (Å²) in [6.07, 6.45) is 0.964. The van der Waals surface area contributed by atoms with E-state index in [1.165, 1.54) is 10.4 Å². The van der Waals surface area contributed by atoms with E-state index in [0.29, 0.717) is 6.54 Å². The van der Waals surface area contributed by atoms with Crippen LogP contribution in [0.2, 0.25) is 0 Å². The van der Waals surface area contributed by atoms with Gasteiger partial charge < -0.3 is 5.32 Å². The van der Waals surface area contributed by atoms with Gasteiger partial charge in [0.15, 0.2) is 0 Å². The summed E-state index contributed by atoms with van der Waals surface area (Å²) in [5, 5.41) is 3.07. The zero-order chi connectivity index (χ0) is 16.3. The molecule has 1 aliphatic rings. The summed E-state index contributed by atoms with van der Waals surface area (Å²) in [5.74, 6) is 1.49. The minimum atomic E-state index is -0.666. The lowest BCUT2D eigenvalue weighted by molar-refractivity contribution is 0.0887.